The van der Waals surface area contributed by atoms with Crippen LogP contribution in [0.5, 0.6) is 5.75 Å². The zero-order valence-corrected chi connectivity index (χ0v) is 23.1. The number of para-hydroxylation sites is 1. The van der Waals surface area contributed by atoms with Crippen molar-refractivity contribution in [3.8, 4) is 5.75 Å². The zero-order chi connectivity index (χ0) is 27.9. The molecular formula is C31H37N7O2. The number of benzene rings is 2. The first-order valence-corrected chi connectivity index (χ1v) is 13.8. The first-order valence-electron chi connectivity index (χ1n) is 13.8. The fourth-order valence-corrected chi connectivity index (χ4v) is 5.29. The van der Waals surface area contributed by atoms with Gasteiger partial charge in [0.1, 0.15) is 16.8 Å². The number of aliphatic hydroxyl groups is 1. The SMILES string of the molecule is CCC[C@@H](CCO)Nc1nc(N)nc2c3ccccc3n(Cc3cc(CNCc4cccnc4)ccc3OC)c12. The molecule has 1 atom stereocenters. The Bertz CT molecular complexity index is 1560. The lowest BCUT2D eigenvalue weighted by molar-refractivity contribution is 0.276. The maximum atomic E-state index is 9.66. The summed E-state index contributed by atoms with van der Waals surface area (Å²) in [5.41, 5.74) is 12.3. The quantitative estimate of drug-likeness (QED) is 0.167. The highest BCUT2D eigenvalue weighted by Gasteiger charge is 2.20. The lowest BCUT2D eigenvalue weighted by Crippen LogP contribution is -2.22. The van der Waals surface area contributed by atoms with E-state index in [0.717, 1.165) is 63.8 Å². The number of rotatable bonds is 13. The summed E-state index contributed by atoms with van der Waals surface area (Å²) in [6.45, 7) is 4.25. The Morgan fingerprint density at radius 2 is 1.88 bits per heavy atom. The molecule has 0 amide bonds. The maximum absolute atomic E-state index is 9.66. The third-order valence-corrected chi connectivity index (χ3v) is 7.13. The van der Waals surface area contributed by atoms with Gasteiger partial charge in [0, 0.05) is 49.1 Å². The molecule has 3 aromatic heterocycles. The summed E-state index contributed by atoms with van der Waals surface area (Å²) in [5.74, 6) is 1.72. The van der Waals surface area contributed by atoms with Gasteiger partial charge in [-0.15, -0.1) is 0 Å². The number of hydrogen-bond acceptors (Lipinski definition) is 8. The summed E-state index contributed by atoms with van der Waals surface area (Å²) in [4.78, 5) is 13.5. The van der Waals surface area contributed by atoms with Crippen LogP contribution in [0.25, 0.3) is 21.9 Å². The van der Waals surface area contributed by atoms with Crippen LogP contribution in [0.3, 0.4) is 0 Å². The van der Waals surface area contributed by atoms with Crippen molar-refractivity contribution in [2.24, 2.45) is 0 Å². The highest BCUT2D eigenvalue weighted by atomic mass is 16.5. The maximum Gasteiger partial charge on any atom is 0.222 e. The summed E-state index contributed by atoms with van der Waals surface area (Å²) in [5, 5.41) is 17.8. The van der Waals surface area contributed by atoms with Gasteiger partial charge in [-0.25, -0.2) is 4.98 Å². The Kier molecular flexibility index (Phi) is 8.73. The molecule has 9 heteroatoms. The summed E-state index contributed by atoms with van der Waals surface area (Å²) >= 11 is 0. The first-order chi connectivity index (χ1) is 19.6. The molecule has 2 aromatic carbocycles. The second kappa shape index (κ2) is 12.8. The summed E-state index contributed by atoms with van der Waals surface area (Å²) < 4.78 is 8.02. The molecule has 0 aliphatic rings. The number of ether oxygens (including phenoxy) is 1. The van der Waals surface area contributed by atoms with Gasteiger partial charge in [0.15, 0.2) is 5.82 Å². The van der Waals surface area contributed by atoms with Crippen molar-refractivity contribution in [1.82, 2.24) is 24.8 Å². The molecule has 40 heavy (non-hydrogen) atoms. The number of pyridine rings is 1. The van der Waals surface area contributed by atoms with Gasteiger partial charge in [-0.1, -0.05) is 43.7 Å². The molecule has 5 rings (SSSR count). The number of nitrogens with zero attached hydrogens (tertiary/aromatic N) is 4. The molecule has 3 heterocycles. The van der Waals surface area contributed by atoms with E-state index in [1.165, 1.54) is 0 Å². The number of methoxy groups -OCH3 is 1. The highest BCUT2D eigenvalue weighted by molar-refractivity contribution is 6.09. The van der Waals surface area contributed by atoms with E-state index in [9.17, 15) is 5.11 Å². The van der Waals surface area contributed by atoms with Crippen LogP contribution < -0.4 is 21.1 Å². The molecular weight excluding hydrogens is 502 g/mol. The molecule has 0 radical (unpaired) electrons. The smallest absolute Gasteiger partial charge is 0.222 e. The normalized spacial score (nSPS) is 12.2. The number of nitrogens with one attached hydrogen (secondary N) is 2. The molecule has 0 fully saturated rings. The van der Waals surface area contributed by atoms with E-state index < -0.39 is 0 Å². The molecule has 9 nitrogen and oxygen atoms in total. The van der Waals surface area contributed by atoms with Gasteiger partial charge in [-0.2, -0.15) is 4.98 Å². The lowest BCUT2D eigenvalue weighted by atomic mass is 10.1. The van der Waals surface area contributed by atoms with Gasteiger partial charge in [0.25, 0.3) is 0 Å². The average Bonchev–Trinajstić information content (AvgIpc) is 3.27. The van der Waals surface area contributed by atoms with Crippen LogP contribution in [0.4, 0.5) is 11.8 Å². The van der Waals surface area contributed by atoms with Crippen molar-refractivity contribution in [3.05, 3.63) is 83.7 Å². The summed E-state index contributed by atoms with van der Waals surface area (Å²) in [6.07, 6.45) is 6.18. The standard InChI is InChI=1S/C31H37N7O2/c1-3-7-24(13-15-39)35-30-29-28(36-31(32)37-30)25-9-4-5-10-26(25)38(29)20-23-16-21(11-12-27(23)40-2)17-34-19-22-8-6-14-33-18-22/h4-6,8-12,14,16,18,24,34,39H,3,7,13,15,17,19-20H2,1-2H3,(H3,32,35,36,37)/t24-/m0/s1. The van der Waals surface area contributed by atoms with Gasteiger partial charge in [0.2, 0.25) is 5.95 Å². The predicted molar refractivity (Wildman–Crippen MR) is 160 cm³/mol. The molecule has 0 saturated carbocycles. The minimum Gasteiger partial charge on any atom is -0.496 e. The van der Waals surface area contributed by atoms with Crippen LogP contribution in [0.2, 0.25) is 0 Å². The van der Waals surface area contributed by atoms with Crippen LogP contribution in [0.15, 0.2) is 67.0 Å². The third-order valence-electron chi connectivity index (χ3n) is 7.13. The Morgan fingerprint density at radius 3 is 2.65 bits per heavy atom. The number of aromatic nitrogens is 4. The Morgan fingerprint density at radius 1 is 1.02 bits per heavy atom. The highest BCUT2D eigenvalue weighted by Crippen LogP contribution is 2.34. The summed E-state index contributed by atoms with van der Waals surface area (Å²) in [6, 6.07) is 18.6. The van der Waals surface area contributed by atoms with Gasteiger partial charge in [0.05, 0.1) is 19.2 Å². The van der Waals surface area contributed by atoms with E-state index in [-0.39, 0.29) is 18.6 Å². The number of nitrogen functional groups attached to an aromatic ring is 1. The minimum absolute atomic E-state index is 0.0720. The van der Waals surface area contributed by atoms with E-state index in [4.69, 9.17) is 10.5 Å². The monoisotopic (exact) mass is 539 g/mol. The van der Waals surface area contributed by atoms with E-state index in [1.54, 1.807) is 13.3 Å². The van der Waals surface area contributed by atoms with Gasteiger partial charge in [-0.05, 0) is 48.2 Å². The molecule has 0 aliphatic carbocycles. The van der Waals surface area contributed by atoms with Crippen molar-refractivity contribution >= 4 is 33.7 Å². The van der Waals surface area contributed by atoms with E-state index >= 15 is 0 Å². The third kappa shape index (κ3) is 6.00. The average molecular weight is 540 g/mol. The summed E-state index contributed by atoms with van der Waals surface area (Å²) in [7, 11) is 1.70. The minimum atomic E-state index is 0.0720. The number of aliphatic hydroxyl groups excluding tert-OH is 1. The Balaban J connectivity index is 1.53. The molecule has 5 aromatic rings. The van der Waals surface area contributed by atoms with Gasteiger partial charge in [-0.3, -0.25) is 4.98 Å². The van der Waals surface area contributed by atoms with Crippen molar-refractivity contribution in [1.29, 1.82) is 0 Å². The Hall–Kier alpha value is -4.21. The molecule has 0 spiro atoms. The lowest BCUT2D eigenvalue weighted by Gasteiger charge is -2.20. The van der Waals surface area contributed by atoms with Crippen LogP contribution in [-0.2, 0) is 19.6 Å². The fraction of sp³-hybridized carbons (Fsp3) is 0.323. The molecule has 0 saturated heterocycles. The topological polar surface area (TPSA) is 123 Å². The van der Waals surface area contributed by atoms with Crippen LogP contribution in [0.1, 0.15) is 42.9 Å². The predicted octanol–water partition coefficient (Wildman–Crippen LogP) is 4.87. The van der Waals surface area contributed by atoms with Crippen molar-refractivity contribution in [2.75, 3.05) is 24.8 Å². The van der Waals surface area contributed by atoms with Crippen LogP contribution in [-0.4, -0.2) is 44.4 Å². The second-order valence-corrected chi connectivity index (χ2v) is 9.98. The Labute approximate surface area is 234 Å². The molecule has 0 unspecified atom stereocenters. The molecule has 208 valence electrons. The van der Waals surface area contributed by atoms with Gasteiger partial charge < -0.3 is 30.8 Å². The van der Waals surface area contributed by atoms with Crippen LogP contribution in [0, 0.1) is 0 Å². The zero-order valence-electron chi connectivity index (χ0n) is 23.1. The number of nitrogens with two attached hydrogens (primary N) is 1. The van der Waals surface area contributed by atoms with Crippen molar-refractivity contribution < 1.29 is 9.84 Å². The molecule has 0 aliphatic heterocycles. The fourth-order valence-electron chi connectivity index (χ4n) is 5.29. The van der Waals surface area contributed by atoms with Crippen LogP contribution >= 0.6 is 0 Å². The second-order valence-electron chi connectivity index (χ2n) is 9.98. The number of hydrogen-bond donors (Lipinski definition) is 4. The van der Waals surface area contributed by atoms with E-state index in [0.29, 0.717) is 25.3 Å². The van der Waals surface area contributed by atoms with E-state index in [2.05, 4.69) is 67.4 Å². The number of fused-ring (bicyclic) bond motifs is 3. The largest absolute Gasteiger partial charge is 0.496 e. The number of anilines is 2. The first kappa shape index (κ1) is 27.4. The molecule has 0 bridgehead atoms. The molecule has 5 N–H and O–H groups in total. The van der Waals surface area contributed by atoms with Gasteiger partial charge >= 0.3 is 0 Å². The van der Waals surface area contributed by atoms with E-state index in [1.807, 2.05) is 30.5 Å². The van der Waals surface area contributed by atoms with Crippen molar-refractivity contribution in [3.63, 3.8) is 0 Å². The van der Waals surface area contributed by atoms with Crippen molar-refractivity contribution in [2.45, 2.75) is 51.9 Å².